The Morgan fingerprint density at radius 2 is 1.38 bits per heavy atom. The summed E-state index contributed by atoms with van der Waals surface area (Å²) in [6, 6.07) is 13.9. The molecule has 0 saturated heterocycles. The molecule has 0 spiro atoms. The van der Waals surface area contributed by atoms with Gasteiger partial charge in [-0.1, -0.05) is 12.1 Å². The van der Waals surface area contributed by atoms with Gasteiger partial charge in [0.2, 0.25) is 11.7 Å². The van der Waals surface area contributed by atoms with Crippen molar-refractivity contribution in [2.45, 2.75) is 16.9 Å². The molecule has 1 N–H and O–H groups in total. The van der Waals surface area contributed by atoms with Crippen LogP contribution in [0, 0.1) is 0 Å². The van der Waals surface area contributed by atoms with Gasteiger partial charge in [0, 0.05) is 35.3 Å². The number of methoxy groups -OCH3 is 5. The molecular formula is C29H32N2O7S. The van der Waals surface area contributed by atoms with E-state index in [1.165, 1.54) is 35.5 Å². The highest BCUT2D eigenvalue weighted by atomic mass is 32.2. The summed E-state index contributed by atoms with van der Waals surface area (Å²) >= 11 is 1.62. The number of rotatable bonds is 9. The van der Waals surface area contributed by atoms with Crippen LogP contribution >= 0.6 is 11.8 Å². The topological polar surface area (TPSA) is 95.6 Å². The van der Waals surface area contributed by atoms with E-state index in [1.54, 1.807) is 48.0 Å². The van der Waals surface area contributed by atoms with Gasteiger partial charge in [-0.15, -0.1) is 11.8 Å². The van der Waals surface area contributed by atoms with Gasteiger partial charge in [-0.25, -0.2) is 0 Å². The molecule has 10 heteroatoms. The Bertz CT molecular complexity index is 1350. The van der Waals surface area contributed by atoms with E-state index in [2.05, 4.69) is 5.32 Å². The predicted octanol–water partition coefficient (Wildman–Crippen LogP) is 5.00. The maximum Gasteiger partial charge on any atom is 0.254 e. The van der Waals surface area contributed by atoms with Gasteiger partial charge < -0.3 is 33.9 Å². The minimum absolute atomic E-state index is 0.221. The van der Waals surface area contributed by atoms with Crippen molar-refractivity contribution in [1.82, 2.24) is 4.90 Å². The summed E-state index contributed by atoms with van der Waals surface area (Å²) in [5.41, 5.74) is 2.19. The summed E-state index contributed by atoms with van der Waals surface area (Å²) in [5, 5.41) is 3.01. The third-order valence-corrected chi connectivity index (χ3v) is 7.59. The van der Waals surface area contributed by atoms with Crippen molar-refractivity contribution in [1.29, 1.82) is 0 Å². The van der Waals surface area contributed by atoms with E-state index in [0.717, 1.165) is 10.5 Å². The number of hydrogen-bond acceptors (Lipinski definition) is 8. The second-order valence-electron chi connectivity index (χ2n) is 8.81. The molecule has 1 aliphatic heterocycles. The summed E-state index contributed by atoms with van der Waals surface area (Å²) in [7, 11) is 9.26. The zero-order valence-electron chi connectivity index (χ0n) is 23.0. The largest absolute Gasteiger partial charge is 0.493 e. The number of anilines is 1. The summed E-state index contributed by atoms with van der Waals surface area (Å²) in [6.45, 7) is 0. The van der Waals surface area contributed by atoms with E-state index in [0.29, 0.717) is 45.6 Å². The number of carbonyl (C=O) groups is 2. The van der Waals surface area contributed by atoms with Crippen LogP contribution in [-0.2, 0) is 4.79 Å². The van der Waals surface area contributed by atoms with Crippen LogP contribution in [0.25, 0.3) is 0 Å². The number of hydrogen-bond donors (Lipinski definition) is 1. The number of benzene rings is 3. The second kappa shape index (κ2) is 11.8. The van der Waals surface area contributed by atoms with Crippen LogP contribution in [0.4, 0.5) is 5.69 Å². The highest BCUT2D eigenvalue weighted by Crippen LogP contribution is 2.47. The van der Waals surface area contributed by atoms with E-state index in [4.69, 9.17) is 23.7 Å². The van der Waals surface area contributed by atoms with E-state index in [9.17, 15) is 9.59 Å². The number of nitrogens with one attached hydrogen (secondary N) is 1. The molecule has 2 atom stereocenters. The first-order valence-electron chi connectivity index (χ1n) is 12.1. The number of nitrogens with zero attached hydrogens (tertiary/aromatic N) is 1. The van der Waals surface area contributed by atoms with E-state index in [1.807, 2.05) is 30.5 Å². The number of fused-ring (bicyclic) bond motifs is 1. The standard InChI is InChI=1S/C29H32N2O7S/c1-31-26(16-8-10-18(39-7)11-9-16)25(19-14-21(34-2)22(35-3)15-20(19)29(31)33)28(32)30-17-12-23(36-4)27(38-6)24(13-17)37-5/h8-15,25-26H,1-7H3,(H,30,32). The lowest BCUT2D eigenvalue weighted by Crippen LogP contribution is -2.44. The van der Waals surface area contributed by atoms with E-state index < -0.39 is 12.0 Å². The summed E-state index contributed by atoms with van der Waals surface area (Å²) in [5.74, 6) is 0.729. The van der Waals surface area contributed by atoms with Gasteiger partial charge >= 0.3 is 0 Å². The Hall–Kier alpha value is -4.05. The average Bonchev–Trinajstić information content (AvgIpc) is 2.97. The third kappa shape index (κ3) is 5.16. The molecule has 1 heterocycles. The maximum atomic E-state index is 14.2. The number of carbonyl (C=O) groups excluding carboxylic acids is 2. The van der Waals surface area contributed by atoms with Crippen LogP contribution in [0.15, 0.2) is 53.4 Å². The van der Waals surface area contributed by atoms with Crippen LogP contribution < -0.4 is 29.0 Å². The van der Waals surface area contributed by atoms with Gasteiger partial charge in [0.05, 0.1) is 47.5 Å². The lowest BCUT2D eigenvalue weighted by molar-refractivity contribution is -0.119. The molecule has 0 aliphatic carbocycles. The third-order valence-electron chi connectivity index (χ3n) is 6.85. The Balaban J connectivity index is 1.87. The number of amides is 2. The van der Waals surface area contributed by atoms with Crippen LogP contribution in [0.2, 0.25) is 0 Å². The molecule has 0 radical (unpaired) electrons. The van der Waals surface area contributed by atoms with Crippen LogP contribution in [0.1, 0.15) is 33.4 Å². The first-order chi connectivity index (χ1) is 18.8. The fourth-order valence-corrected chi connectivity index (χ4v) is 5.33. The van der Waals surface area contributed by atoms with E-state index >= 15 is 0 Å². The molecule has 2 unspecified atom stereocenters. The van der Waals surface area contributed by atoms with Gasteiger partial charge in [0.15, 0.2) is 23.0 Å². The zero-order chi connectivity index (χ0) is 28.3. The molecule has 0 aromatic heterocycles. The quantitative estimate of drug-likeness (QED) is 0.371. The highest BCUT2D eigenvalue weighted by molar-refractivity contribution is 7.98. The van der Waals surface area contributed by atoms with Crippen molar-refractivity contribution < 1.29 is 33.3 Å². The molecule has 0 fully saturated rings. The Kier molecular flexibility index (Phi) is 8.44. The Morgan fingerprint density at radius 1 is 0.821 bits per heavy atom. The molecule has 3 aromatic rings. The molecule has 1 aliphatic rings. The van der Waals surface area contributed by atoms with Crippen molar-refractivity contribution in [2.24, 2.45) is 0 Å². The zero-order valence-corrected chi connectivity index (χ0v) is 23.8. The summed E-state index contributed by atoms with van der Waals surface area (Å²) in [4.78, 5) is 30.4. The van der Waals surface area contributed by atoms with Gasteiger partial charge in [-0.2, -0.15) is 0 Å². The lowest BCUT2D eigenvalue weighted by atomic mass is 9.79. The van der Waals surface area contributed by atoms with Crippen molar-refractivity contribution in [3.8, 4) is 28.7 Å². The van der Waals surface area contributed by atoms with Gasteiger partial charge in [0.1, 0.15) is 0 Å². The van der Waals surface area contributed by atoms with Gasteiger partial charge in [0.25, 0.3) is 5.91 Å². The van der Waals surface area contributed by atoms with Crippen molar-refractivity contribution in [3.05, 3.63) is 65.2 Å². The second-order valence-corrected chi connectivity index (χ2v) is 9.69. The molecule has 206 valence electrons. The molecule has 0 bridgehead atoms. The van der Waals surface area contributed by atoms with Crippen molar-refractivity contribution >= 4 is 29.3 Å². The number of likely N-dealkylation sites (N-methyl/N-ethyl adjacent to an activating group) is 1. The van der Waals surface area contributed by atoms with E-state index in [-0.39, 0.29) is 11.8 Å². The smallest absolute Gasteiger partial charge is 0.254 e. The molecule has 3 aromatic carbocycles. The minimum atomic E-state index is -0.776. The first-order valence-corrected chi connectivity index (χ1v) is 13.3. The monoisotopic (exact) mass is 552 g/mol. The maximum absolute atomic E-state index is 14.2. The molecule has 9 nitrogen and oxygen atoms in total. The molecular weight excluding hydrogens is 520 g/mol. The lowest BCUT2D eigenvalue weighted by Gasteiger charge is -2.40. The Labute approximate surface area is 232 Å². The SMILES string of the molecule is COc1cc2c(cc1OC)C(C(=O)Nc1cc(OC)c(OC)c(OC)c1)C(c1ccc(SC)cc1)N(C)C2=O. The molecule has 2 amide bonds. The highest BCUT2D eigenvalue weighted by Gasteiger charge is 2.43. The van der Waals surface area contributed by atoms with Crippen molar-refractivity contribution in [2.75, 3.05) is 54.2 Å². The average molecular weight is 553 g/mol. The van der Waals surface area contributed by atoms with Gasteiger partial charge in [-0.05, 0) is 41.6 Å². The number of ether oxygens (including phenoxy) is 5. The predicted molar refractivity (Wildman–Crippen MR) is 150 cm³/mol. The number of thioether (sulfide) groups is 1. The molecule has 4 rings (SSSR count). The minimum Gasteiger partial charge on any atom is -0.493 e. The van der Waals surface area contributed by atoms with Crippen molar-refractivity contribution in [3.63, 3.8) is 0 Å². The normalized spacial score (nSPS) is 16.3. The molecule has 0 saturated carbocycles. The molecule has 39 heavy (non-hydrogen) atoms. The summed E-state index contributed by atoms with van der Waals surface area (Å²) < 4.78 is 27.3. The van der Waals surface area contributed by atoms with Gasteiger partial charge in [-0.3, -0.25) is 9.59 Å². The fourth-order valence-electron chi connectivity index (χ4n) is 4.92. The first kappa shape index (κ1) is 28.0. The fraction of sp³-hybridized carbons (Fsp3) is 0.310. The van der Waals surface area contributed by atoms with Crippen LogP contribution in [0.3, 0.4) is 0 Å². The summed E-state index contributed by atoms with van der Waals surface area (Å²) in [6.07, 6.45) is 1.99. The van der Waals surface area contributed by atoms with Crippen LogP contribution in [-0.4, -0.2) is 65.6 Å². The van der Waals surface area contributed by atoms with Crippen LogP contribution in [0.5, 0.6) is 28.7 Å². The Morgan fingerprint density at radius 3 is 1.90 bits per heavy atom.